The van der Waals surface area contributed by atoms with Gasteiger partial charge in [-0.05, 0) is 41.5 Å². The first kappa shape index (κ1) is 20.4. The number of benzene rings is 3. The van der Waals surface area contributed by atoms with Crippen molar-refractivity contribution in [1.82, 2.24) is 5.32 Å². The fourth-order valence-electron chi connectivity index (χ4n) is 2.51. The number of ether oxygens (including phenoxy) is 1. The van der Waals surface area contributed by atoms with Crippen molar-refractivity contribution in [2.24, 2.45) is 0 Å². The van der Waals surface area contributed by atoms with Gasteiger partial charge in [0.2, 0.25) is 0 Å². The molecule has 0 saturated heterocycles. The lowest BCUT2D eigenvalue weighted by molar-refractivity contribution is 0.302. The summed E-state index contributed by atoms with van der Waals surface area (Å²) in [6.07, 6.45) is 0. The molecule has 1 N–H and O–H groups in total. The summed E-state index contributed by atoms with van der Waals surface area (Å²) >= 11 is 3.51. The van der Waals surface area contributed by atoms with Crippen LogP contribution in [-0.4, -0.2) is 0 Å². The highest BCUT2D eigenvalue weighted by Gasteiger charge is 2.06. The van der Waals surface area contributed by atoms with Crippen LogP contribution < -0.4 is 10.1 Å². The minimum Gasteiger partial charge on any atom is -0.489 e. The highest BCUT2D eigenvalue weighted by molar-refractivity contribution is 9.10. The zero-order valence-electron chi connectivity index (χ0n) is 14.1. The fourth-order valence-corrected chi connectivity index (χ4v) is 2.91. The zero-order valence-corrected chi connectivity index (χ0v) is 16.5. The monoisotopic (exact) mass is 435 g/mol. The number of rotatable bonds is 7. The van der Waals surface area contributed by atoms with Crippen LogP contribution in [0.4, 0.5) is 4.39 Å². The van der Waals surface area contributed by atoms with Crippen LogP contribution in [0.15, 0.2) is 77.3 Å². The molecule has 0 unspecified atom stereocenters. The summed E-state index contributed by atoms with van der Waals surface area (Å²) in [6, 6.07) is 22.6. The van der Waals surface area contributed by atoms with Crippen LogP contribution in [0.2, 0.25) is 0 Å². The summed E-state index contributed by atoms with van der Waals surface area (Å²) in [6.45, 7) is 1.91. The smallest absolute Gasteiger partial charge is 0.124 e. The lowest BCUT2D eigenvalue weighted by atomic mass is 10.2. The minimum absolute atomic E-state index is 0. The molecule has 0 atom stereocenters. The third-order valence-electron chi connectivity index (χ3n) is 3.82. The van der Waals surface area contributed by atoms with Crippen molar-refractivity contribution >= 4 is 28.3 Å². The number of hydrogen-bond donors (Lipinski definition) is 1. The third kappa shape index (κ3) is 6.13. The van der Waals surface area contributed by atoms with Gasteiger partial charge in [-0.2, -0.15) is 0 Å². The molecule has 0 aliphatic rings. The van der Waals surface area contributed by atoms with Crippen LogP contribution in [0.3, 0.4) is 0 Å². The van der Waals surface area contributed by atoms with E-state index >= 15 is 0 Å². The van der Waals surface area contributed by atoms with E-state index in [2.05, 4.69) is 39.4 Å². The lowest BCUT2D eigenvalue weighted by Gasteiger charge is -2.13. The van der Waals surface area contributed by atoms with E-state index in [4.69, 9.17) is 4.74 Å². The molecule has 136 valence electrons. The summed E-state index contributed by atoms with van der Waals surface area (Å²) in [5.74, 6) is 0.589. The summed E-state index contributed by atoms with van der Waals surface area (Å²) in [7, 11) is 0. The Balaban J connectivity index is 0.00000243. The van der Waals surface area contributed by atoms with Gasteiger partial charge >= 0.3 is 0 Å². The highest BCUT2D eigenvalue weighted by Crippen LogP contribution is 2.24. The molecule has 0 spiro atoms. The van der Waals surface area contributed by atoms with Crippen molar-refractivity contribution in [2.75, 3.05) is 0 Å². The van der Waals surface area contributed by atoms with Crippen LogP contribution in [0.25, 0.3) is 0 Å². The lowest BCUT2D eigenvalue weighted by Crippen LogP contribution is -2.13. The summed E-state index contributed by atoms with van der Waals surface area (Å²) < 4.78 is 19.9. The average Bonchev–Trinajstić information content (AvgIpc) is 2.63. The molecule has 3 rings (SSSR count). The van der Waals surface area contributed by atoms with Crippen molar-refractivity contribution in [3.63, 3.8) is 0 Å². The predicted molar refractivity (Wildman–Crippen MR) is 109 cm³/mol. The summed E-state index contributed by atoms with van der Waals surface area (Å²) in [5, 5.41) is 3.44. The maximum atomic E-state index is 13.0. The molecule has 0 aliphatic heterocycles. The molecule has 0 heterocycles. The number of hydrogen-bond acceptors (Lipinski definition) is 2. The molecule has 0 amide bonds. The van der Waals surface area contributed by atoms with Gasteiger partial charge in [0.15, 0.2) is 0 Å². The van der Waals surface area contributed by atoms with Crippen LogP contribution in [0, 0.1) is 5.82 Å². The molecule has 26 heavy (non-hydrogen) atoms. The Morgan fingerprint density at radius 2 is 1.58 bits per heavy atom. The van der Waals surface area contributed by atoms with Gasteiger partial charge in [0.25, 0.3) is 0 Å². The molecule has 3 aromatic carbocycles. The van der Waals surface area contributed by atoms with Crippen LogP contribution in [0.5, 0.6) is 5.75 Å². The highest BCUT2D eigenvalue weighted by atomic mass is 79.9. The number of halogens is 3. The standard InChI is InChI=1S/C21H19BrFNO.ClH/c22-19-8-11-21(25-15-17-6-9-20(23)10-7-17)18(12-19)14-24-13-16-4-2-1-3-5-16;/h1-12,24H,13-15H2;1H. The molecular weight excluding hydrogens is 417 g/mol. The first-order valence-electron chi connectivity index (χ1n) is 8.11. The summed E-state index contributed by atoms with van der Waals surface area (Å²) in [4.78, 5) is 0. The Morgan fingerprint density at radius 3 is 2.31 bits per heavy atom. The van der Waals surface area contributed by atoms with Gasteiger partial charge < -0.3 is 10.1 Å². The second-order valence-electron chi connectivity index (χ2n) is 5.76. The van der Waals surface area contributed by atoms with Gasteiger partial charge in [-0.25, -0.2) is 4.39 Å². The SMILES string of the molecule is Cl.Fc1ccc(COc2ccc(Br)cc2CNCc2ccccc2)cc1. The molecule has 0 saturated carbocycles. The Hall–Kier alpha value is -1.88. The molecule has 3 aromatic rings. The van der Waals surface area contributed by atoms with Crippen molar-refractivity contribution in [3.05, 3.63) is 99.8 Å². The van der Waals surface area contributed by atoms with Crippen molar-refractivity contribution < 1.29 is 9.13 Å². The maximum Gasteiger partial charge on any atom is 0.124 e. The molecule has 0 radical (unpaired) electrons. The largest absolute Gasteiger partial charge is 0.489 e. The van der Waals surface area contributed by atoms with Gasteiger partial charge in [0.1, 0.15) is 18.2 Å². The van der Waals surface area contributed by atoms with E-state index in [-0.39, 0.29) is 18.2 Å². The van der Waals surface area contributed by atoms with Crippen molar-refractivity contribution in [1.29, 1.82) is 0 Å². The Kier molecular flexibility index (Phi) is 8.10. The predicted octanol–water partition coefficient (Wildman–Crippen LogP) is 5.88. The second-order valence-corrected chi connectivity index (χ2v) is 6.67. The molecule has 2 nitrogen and oxygen atoms in total. The topological polar surface area (TPSA) is 21.3 Å². The molecule has 0 fully saturated rings. The van der Waals surface area contributed by atoms with Crippen molar-refractivity contribution in [3.8, 4) is 5.75 Å². The van der Waals surface area contributed by atoms with E-state index in [1.165, 1.54) is 17.7 Å². The third-order valence-corrected chi connectivity index (χ3v) is 4.31. The van der Waals surface area contributed by atoms with E-state index in [1.54, 1.807) is 12.1 Å². The van der Waals surface area contributed by atoms with E-state index in [0.717, 1.165) is 27.9 Å². The average molecular weight is 437 g/mol. The normalized spacial score (nSPS) is 10.2. The molecule has 5 heteroatoms. The molecule has 0 aromatic heterocycles. The fraction of sp³-hybridized carbons (Fsp3) is 0.143. The number of nitrogens with one attached hydrogen (secondary N) is 1. The molecular formula is C21H20BrClFNO. The van der Waals surface area contributed by atoms with Gasteiger partial charge in [-0.15, -0.1) is 12.4 Å². The molecule has 0 bridgehead atoms. The summed E-state index contributed by atoms with van der Waals surface area (Å²) in [5.41, 5.74) is 3.26. The Morgan fingerprint density at radius 1 is 0.846 bits per heavy atom. The van der Waals surface area contributed by atoms with Crippen LogP contribution >= 0.6 is 28.3 Å². The maximum absolute atomic E-state index is 13.0. The van der Waals surface area contributed by atoms with Gasteiger partial charge in [-0.3, -0.25) is 0 Å². The van der Waals surface area contributed by atoms with Crippen LogP contribution in [0.1, 0.15) is 16.7 Å². The molecule has 0 aliphatic carbocycles. The van der Waals surface area contributed by atoms with E-state index < -0.39 is 0 Å². The first-order valence-corrected chi connectivity index (χ1v) is 8.90. The van der Waals surface area contributed by atoms with E-state index in [0.29, 0.717) is 13.2 Å². The quantitative estimate of drug-likeness (QED) is 0.499. The first-order chi connectivity index (χ1) is 12.2. The second kappa shape index (κ2) is 10.3. The van der Waals surface area contributed by atoms with Gasteiger partial charge in [-0.1, -0.05) is 58.4 Å². The minimum atomic E-state index is -0.238. The van der Waals surface area contributed by atoms with E-state index in [9.17, 15) is 4.39 Å². The van der Waals surface area contributed by atoms with Crippen LogP contribution in [-0.2, 0) is 19.7 Å². The van der Waals surface area contributed by atoms with Gasteiger partial charge in [0, 0.05) is 23.1 Å². The Labute approximate surface area is 167 Å². The van der Waals surface area contributed by atoms with Crippen molar-refractivity contribution in [2.45, 2.75) is 19.7 Å². The zero-order chi connectivity index (χ0) is 17.5. The Bertz CT molecular complexity index is 812. The van der Waals surface area contributed by atoms with E-state index in [1.807, 2.05) is 30.3 Å². The van der Waals surface area contributed by atoms with Gasteiger partial charge in [0.05, 0.1) is 0 Å².